The third kappa shape index (κ3) is 4.82. The summed E-state index contributed by atoms with van der Waals surface area (Å²) < 4.78 is 7.47. The minimum atomic E-state index is -0.904. The number of aryl methyl sites for hydroxylation is 1. The second-order valence-corrected chi connectivity index (χ2v) is 10.7. The Morgan fingerprint density at radius 1 is 1.02 bits per heavy atom. The lowest BCUT2D eigenvalue weighted by Gasteiger charge is -2.36. The number of methoxy groups -OCH3 is 1. The van der Waals surface area contributed by atoms with Crippen molar-refractivity contribution in [3.05, 3.63) is 95.7 Å². The minimum Gasteiger partial charge on any atom is -0.495 e. The van der Waals surface area contributed by atoms with Crippen LogP contribution >= 0.6 is 0 Å². The second-order valence-electron chi connectivity index (χ2n) is 10.7. The lowest BCUT2D eigenvalue weighted by molar-refractivity contribution is -0.130. The van der Waals surface area contributed by atoms with Crippen molar-refractivity contribution >= 4 is 34.3 Å². The molecular weight excluding hydrogens is 520 g/mol. The van der Waals surface area contributed by atoms with Crippen molar-refractivity contribution in [2.24, 2.45) is 7.05 Å². The van der Waals surface area contributed by atoms with Crippen LogP contribution in [0, 0.1) is 0 Å². The number of rotatable bonds is 6. The fraction of sp³-hybridized carbons (Fsp3) is 0.281. The standard InChI is InChI=1S/C32H32N4O5/c1-34-19-24(23-12-6-7-13-26(23)34)31(39)35-18-22(37)16-27(35)30(38)33-25-15-21-11-8-14-28(41-2)29(21)36(32(25)40)17-20-9-4-3-5-10-20/h3-14,19,22,25,27,37H,15-18H2,1-2H3,(H,33,38)/t22-,25?,27?/m1/s1. The van der Waals surface area contributed by atoms with Crippen LogP contribution in [-0.2, 0) is 29.6 Å². The van der Waals surface area contributed by atoms with Crippen molar-refractivity contribution in [2.75, 3.05) is 18.6 Å². The zero-order chi connectivity index (χ0) is 28.7. The average molecular weight is 553 g/mol. The smallest absolute Gasteiger partial charge is 0.256 e. The molecule has 3 amide bonds. The number of aromatic nitrogens is 1. The highest BCUT2D eigenvalue weighted by Gasteiger charge is 2.43. The number of carbonyl (C=O) groups is 3. The molecule has 4 aromatic rings. The number of benzene rings is 3. The van der Waals surface area contributed by atoms with Gasteiger partial charge in [-0.1, -0.05) is 60.7 Å². The molecule has 2 aliphatic rings. The Bertz CT molecular complexity index is 1630. The predicted molar refractivity (Wildman–Crippen MR) is 155 cm³/mol. The fourth-order valence-electron chi connectivity index (χ4n) is 6.07. The lowest BCUT2D eigenvalue weighted by Crippen LogP contribution is -2.56. The molecule has 41 heavy (non-hydrogen) atoms. The first-order valence-electron chi connectivity index (χ1n) is 13.7. The van der Waals surface area contributed by atoms with Gasteiger partial charge in [-0.2, -0.15) is 0 Å². The van der Waals surface area contributed by atoms with Crippen molar-refractivity contribution < 1.29 is 24.2 Å². The van der Waals surface area contributed by atoms with Gasteiger partial charge in [-0.05, 0) is 23.3 Å². The summed E-state index contributed by atoms with van der Waals surface area (Å²) in [5.41, 5.74) is 3.88. The number of carbonyl (C=O) groups excluding carboxylic acids is 3. The molecule has 0 aliphatic carbocycles. The monoisotopic (exact) mass is 552 g/mol. The van der Waals surface area contributed by atoms with E-state index in [-0.39, 0.29) is 31.2 Å². The number of aliphatic hydroxyl groups excluding tert-OH is 1. The summed E-state index contributed by atoms with van der Waals surface area (Å²) in [6.45, 7) is 0.353. The maximum atomic E-state index is 13.9. The van der Waals surface area contributed by atoms with Crippen LogP contribution in [-0.4, -0.2) is 64.1 Å². The summed E-state index contributed by atoms with van der Waals surface area (Å²) in [4.78, 5) is 44.4. The van der Waals surface area contributed by atoms with E-state index in [9.17, 15) is 19.5 Å². The summed E-state index contributed by atoms with van der Waals surface area (Å²) in [5, 5.41) is 14.2. The highest BCUT2D eigenvalue weighted by atomic mass is 16.5. The maximum Gasteiger partial charge on any atom is 0.256 e. The van der Waals surface area contributed by atoms with Gasteiger partial charge in [0.1, 0.15) is 17.8 Å². The molecule has 9 nitrogen and oxygen atoms in total. The van der Waals surface area contributed by atoms with Crippen LogP contribution in [0.25, 0.3) is 10.9 Å². The number of para-hydroxylation sites is 2. The Kier molecular flexibility index (Phi) is 6.96. The number of β-amino-alcohol motifs (C(OH)–C–C–N with tert-alkyl or cyclic N) is 1. The van der Waals surface area contributed by atoms with E-state index < -0.39 is 24.1 Å². The highest BCUT2D eigenvalue weighted by molar-refractivity contribution is 6.09. The lowest BCUT2D eigenvalue weighted by atomic mass is 9.95. The summed E-state index contributed by atoms with van der Waals surface area (Å²) in [5.74, 6) is -0.458. The van der Waals surface area contributed by atoms with Crippen LogP contribution < -0.4 is 15.0 Å². The molecule has 2 aliphatic heterocycles. The number of hydrogen-bond donors (Lipinski definition) is 2. The number of aliphatic hydroxyl groups is 1. The quantitative estimate of drug-likeness (QED) is 0.383. The van der Waals surface area contributed by atoms with Crippen LogP contribution in [0.1, 0.15) is 27.9 Å². The van der Waals surface area contributed by atoms with Crippen molar-refractivity contribution in [1.82, 2.24) is 14.8 Å². The van der Waals surface area contributed by atoms with Crippen molar-refractivity contribution in [1.29, 1.82) is 0 Å². The number of amides is 3. The van der Waals surface area contributed by atoms with Crippen LogP contribution in [0.15, 0.2) is 79.0 Å². The molecule has 1 saturated heterocycles. The second kappa shape index (κ2) is 10.7. The van der Waals surface area contributed by atoms with Crippen LogP contribution in [0.4, 0.5) is 5.69 Å². The largest absolute Gasteiger partial charge is 0.495 e. The zero-order valence-electron chi connectivity index (χ0n) is 23.0. The molecule has 3 atom stereocenters. The molecule has 9 heteroatoms. The van der Waals surface area contributed by atoms with E-state index in [1.165, 1.54) is 4.90 Å². The van der Waals surface area contributed by atoms with Crippen molar-refractivity contribution in [3.63, 3.8) is 0 Å². The molecule has 2 unspecified atom stereocenters. The molecule has 3 aromatic carbocycles. The number of nitrogens with one attached hydrogen (secondary N) is 1. The third-order valence-electron chi connectivity index (χ3n) is 8.03. The number of ether oxygens (including phenoxy) is 1. The van der Waals surface area contributed by atoms with Crippen molar-refractivity contribution in [3.8, 4) is 5.75 Å². The normalized spacial score (nSPS) is 20.3. The molecule has 0 spiro atoms. The minimum absolute atomic E-state index is 0.0406. The Morgan fingerprint density at radius 2 is 1.78 bits per heavy atom. The summed E-state index contributed by atoms with van der Waals surface area (Å²) >= 11 is 0. The van der Waals surface area contributed by atoms with Crippen molar-refractivity contribution in [2.45, 2.75) is 37.6 Å². The van der Waals surface area contributed by atoms with Gasteiger partial charge in [-0.25, -0.2) is 0 Å². The maximum absolute atomic E-state index is 13.9. The zero-order valence-corrected chi connectivity index (χ0v) is 23.0. The first-order valence-corrected chi connectivity index (χ1v) is 13.7. The first kappa shape index (κ1) is 26.6. The van der Waals surface area contributed by atoms with Gasteiger partial charge in [0.15, 0.2) is 0 Å². The molecule has 3 heterocycles. The first-order chi connectivity index (χ1) is 19.9. The SMILES string of the molecule is COc1cccc2c1N(Cc1ccccc1)C(=O)C(NC(=O)C1C[C@@H](O)CN1C(=O)c1cn(C)c3ccccc13)C2. The van der Waals surface area contributed by atoms with Gasteiger partial charge in [-0.3, -0.25) is 14.4 Å². The molecule has 210 valence electrons. The van der Waals surface area contributed by atoms with Crippen LogP contribution in [0.5, 0.6) is 5.75 Å². The van der Waals surface area contributed by atoms with Gasteiger partial charge in [-0.15, -0.1) is 0 Å². The number of hydrogen-bond acceptors (Lipinski definition) is 5. The van der Waals surface area contributed by atoms with Gasteiger partial charge >= 0.3 is 0 Å². The molecule has 0 radical (unpaired) electrons. The van der Waals surface area contributed by atoms with E-state index in [0.29, 0.717) is 23.5 Å². The topological polar surface area (TPSA) is 104 Å². The molecule has 0 saturated carbocycles. The Labute approximate surface area is 237 Å². The number of fused-ring (bicyclic) bond motifs is 2. The summed E-state index contributed by atoms with van der Waals surface area (Å²) in [7, 11) is 3.44. The Hall–Kier alpha value is -4.63. The molecular formula is C32H32N4O5. The van der Waals surface area contributed by atoms with Gasteiger partial charge in [0.25, 0.3) is 5.91 Å². The molecule has 2 N–H and O–H groups in total. The Balaban J connectivity index is 1.27. The fourth-order valence-corrected chi connectivity index (χ4v) is 6.07. The predicted octanol–water partition coefficient (Wildman–Crippen LogP) is 3.04. The Morgan fingerprint density at radius 3 is 2.56 bits per heavy atom. The van der Waals surface area contributed by atoms with Gasteiger partial charge < -0.3 is 29.5 Å². The number of anilines is 1. The van der Waals surface area contributed by atoms with E-state index in [1.54, 1.807) is 18.2 Å². The van der Waals surface area contributed by atoms with Crippen LogP contribution in [0.3, 0.4) is 0 Å². The third-order valence-corrected chi connectivity index (χ3v) is 8.03. The molecule has 1 fully saturated rings. The van der Waals surface area contributed by atoms with E-state index in [2.05, 4.69) is 5.32 Å². The number of nitrogens with zero attached hydrogens (tertiary/aromatic N) is 3. The average Bonchev–Trinajstić information content (AvgIpc) is 3.55. The van der Waals surface area contributed by atoms with Gasteiger partial charge in [0.2, 0.25) is 11.8 Å². The van der Waals surface area contributed by atoms with E-state index in [0.717, 1.165) is 22.0 Å². The summed E-state index contributed by atoms with van der Waals surface area (Å²) in [6.07, 6.45) is 1.30. The van der Waals surface area contributed by atoms with E-state index >= 15 is 0 Å². The highest BCUT2D eigenvalue weighted by Crippen LogP contribution is 2.38. The van der Waals surface area contributed by atoms with E-state index in [4.69, 9.17) is 4.74 Å². The van der Waals surface area contributed by atoms with Gasteiger partial charge in [0, 0.05) is 43.5 Å². The molecule has 1 aromatic heterocycles. The van der Waals surface area contributed by atoms with E-state index in [1.807, 2.05) is 84.4 Å². The van der Waals surface area contributed by atoms with Gasteiger partial charge in [0.05, 0.1) is 31.0 Å². The molecule has 0 bridgehead atoms. The number of likely N-dealkylation sites (tertiary alicyclic amines) is 1. The summed E-state index contributed by atoms with van der Waals surface area (Å²) in [6, 6.07) is 21.1. The molecule has 6 rings (SSSR count). The van der Waals surface area contributed by atoms with Crippen LogP contribution in [0.2, 0.25) is 0 Å².